The monoisotopic (exact) mass is 526 g/mol. The number of benzene rings is 2. The molecule has 1 saturated heterocycles. The summed E-state index contributed by atoms with van der Waals surface area (Å²) in [6.45, 7) is 3.27. The van der Waals surface area contributed by atoms with Crippen LogP contribution in [0.5, 0.6) is 0 Å². The zero-order valence-corrected chi connectivity index (χ0v) is 21.0. The van der Waals surface area contributed by atoms with E-state index in [0.29, 0.717) is 27.8 Å². The van der Waals surface area contributed by atoms with Gasteiger partial charge in [-0.15, -0.1) is 0 Å². The first-order valence-corrected chi connectivity index (χ1v) is 12.3. The number of nitrogens with one attached hydrogen (secondary N) is 2. The quantitative estimate of drug-likeness (QED) is 0.266. The molecule has 2 aromatic carbocycles. The number of carbonyl (C=O) groups excluding carboxylic acids is 3. The fourth-order valence-corrected chi connectivity index (χ4v) is 5.09. The first-order chi connectivity index (χ1) is 18.7. The molecule has 1 aliphatic heterocycles. The van der Waals surface area contributed by atoms with E-state index in [9.17, 15) is 24.0 Å². The molecule has 1 aliphatic rings. The topological polar surface area (TPSA) is 158 Å². The Labute approximate surface area is 219 Å². The molecule has 0 bridgehead atoms. The van der Waals surface area contributed by atoms with Crippen LogP contribution in [0, 0.1) is 13.8 Å². The van der Waals surface area contributed by atoms with E-state index in [4.69, 9.17) is 4.42 Å². The summed E-state index contributed by atoms with van der Waals surface area (Å²) in [5.74, 6) is -1.14. The summed E-state index contributed by atoms with van der Waals surface area (Å²) in [5.41, 5.74) is 1.29. The van der Waals surface area contributed by atoms with E-state index in [1.54, 1.807) is 31.2 Å². The Hall–Kier alpha value is -5.13. The highest BCUT2D eigenvalue weighted by Crippen LogP contribution is 2.25. The fourth-order valence-electron chi connectivity index (χ4n) is 5.09. The number of aromatic nitrogens is 4. The summed E-state index contributed by atoms with van der Waals surface area (Å²) in [5, 5.41) is 10.3. The van der Waals surface area contributed by atoms with Gasteiger partial charge in [-0.25, -0.2) is 9.78 Å². The Balaban J connectivity index is 1.39. The van der Waals surface area contributed by atoms with Crippen LogP contribution in [0.4, 0.5) is 5.69 Å². The number of imide groups is 1. The SMILES string of the molecule is Cc1ccc2oc(=O)c3cnn(CC(=O)Nc4cccc5nc(C)n(C6CCC(=O)NC6=O)c(=O)c45)c3c2c1. The molecule has 4 heterocycles. The van der Waals surface area contributed by atoms with Crippen molar-refractivity contribution < 1.29 is 18.8 Å². The van der Waals surface area contributed by atoms with Gasteiger partial charge < -0.3 is 9.73 Å². The van der Waals surface area contributed by atoms with E-state index in [1.807, 2.05) is 19.1 Å². The molecule has 3 aromatic heterocycles. The van der Waals surface area contributed by atoms with Crippen LogP contribution in [-0.4, -0.2) is 37.1 Å². The van der Waals surface area contributed by atoms with Crippen molar-refractivity contribution in [3.63, 3.8) is 0 Å². The van der Waals surface area contributed by atoms with Gasteiger partial charge >= 0.3 is 5.63 Å². The number of hydrogen-bond donors (Lipinski definition) is 2. The lowest BCUT2D eigenvalue weighted by molar-refractivity contribution is -0.135. The lowest BCUT2D eigenvalue weighted by Crippen LogP contribution is -2.45. The second-order valence-corrected chi connectivity index (χ2v) is 9.50. The van der Waals surface area contributed by atoms with Crippen molar-refractivity contribution in [3.05, 3.63) is 74.8 Å². The highest BCUT2D eigenvalue weighted by Gasteiger charge is 2.31. The highest BCUT2D eigenvalue weighted by molar-refractivity contribution is 6.04. The third-order valence-corrected chi connectivity index (χ3v) is 6.85. The number of piperidine rings is 1. The predicted octanol–water partition coefficient (Wildman–Crippen LogP) is 2.09. The number of nitrogens with zero attached hydrogens (tertiary/aromatic N) is 4. The van der Waals surface area contributed by atoms with Gasteiger partial charge in [0, 0.05) is 11.8 Å². The predicted molar refractivity (Wildman–Crippen MR) is 141 cm³/mol. The molecule has 6 rings (SSSR count). The molecule has 1 fully saturated rings. The number of anilines is 1. The van der Waals surface area contributed by atoms with Gasteiger partial charge in [0.05, 0.1) is 28.3 Å². The van der Waals surface area contributed by atoms with Gasteiger partial charge in [0.15, 0.2) is 0 Å². The van der Waals surface area contributed by atoms with Gasteiger partial charge in [-0.3, -0.25) is 33.7 Å². The van der Waals surface area contributed by atoms with E-state index in [0.717, 1.165) is 5.56 Å². The largest absolute Gasteiger partial charge is 0.422 e. The van der Waals surface area contributed by atoms with Crippen LogP contribution in [0.2, 0.25) is 0 Å². The summed E-state index contributed by atoms with van der Waals surface area (Å²) in [7, 11) is 0. The third kappa shape index (κ3) is 4.06. The maximum atomic E-state index is 13.6. The zero-order chi connectivity index (χ0) is 27.4. The van der Waals surface area contributed by atoms with Crippen molar-refractivity contribution in [3.8, 4) is 0 Å². The second-order valence-electron chi connectivity index (χ2n) is 9.50. The molecule has 0 radical (unpaired) electrons. The van der Waals surface area contributed by atoms with Crippen molar-refractivity contribution in [2.75, 3.05) is 5.32 Å². The molecule has 0 aliphatic carbocycles. The second kappa shape index (κ2) is 9.01. The van der Waals surface area contributed by atoms with Gasteiger partial charge in [-0.2, -0.15) is 5.10 Å². The number of carbonyl (C=O) groups is 3. The van der Waals surface area contributed by atoms with Crippen molar-refractivity contribution in [2.45, 2.75) is 39.3 Å². The van der Waals surface area contributed by atoms with Crippen molar-refractivity contribution in [2.24, 2.45) is 0 Å². The van der Waals surface area contributed by atoms with E-state index in [2.05, 4.69) is 20.7 Å². The first-order valence-electron chi connectivity index (χ1n) is 12.3. The minimum atomic E-state index is -0.894. The highest BCUT2D eigenvalue weighted by atomic mass is 16.4. The Bertz CT molecular complexity index is 1980. The summed E-state index contributed by atoms with van der Waals surface area (Å²) >= 11 is 0. The fraction of sp³-hybridized carbons (Fsp3) is 0.222. The van der Waals surface area contributed by atoms with Crippen molar-refractivity contribution in [1.82, 2.24) is 24.6 Å². The average molecular weight is 527 g/mol. The van der Waals surface area contributed by atoms with Crippen LogP contribution in [0.15, 0.2) is 56.6 Å². The van der Waals surface area contributed by atoms with E-state index in [-0.39, 0.29) is 35.8 Å². The number of aryl methyl sites for hydroxylation is 2. The number of fused-ring (bicyclic) bond motifs is 4. The molecule has 1 unspecified atom stereocenters. The normalized spacial score (nSPS) is 15.7. The minimum absolute atomic E-state index is 0.100. The Kier molecular flexibility index (Phi) is 5.60. The standard InChI is InChI=1S/C27H22N6O6/c1-13-6-8-20-15(10-13)24-16(27(38)39-20)11-28-32(24)12-22(35)30-18-5-3-4-17-23(18)26(37)33(14(2)29-17)19-7-9-21(34)31-25(19)36/h3-6,8,10-11,19H,7,9,12H2,1-2H3,(H,30,35)(H,31,34,36). The molecule has 1 atom stereocenters. The molecular formula is C27H22N6O6. The zero-order valence-electron chi connectivity index (χ0n) is 21.0. The van der Waals surface area contributed by atoms with Gasteiger partial charge in [-0.1, -0.05) is 17.7 Å². The average Bonchev–Trinajstić information content (AvgIpc) is 3.30. The number of hydrogen-bond acceptors (Lipinski definition) is 8. The molecule has 39 heavy (non-hydrogen) atoms. The van der Waals surface area contributed by atoms with E-state index >= 15 is 0 Å². The maximum absolute atomic E-state index is 13.6. The molecule has 3 amide bonds. The van der Waals surface area contributed by atoms with E-state index in [1.165, 1.54) is 15.4 Å². The maximum Gasteiger partial charge on any atom is 0.347 e. The van der Waals surface area contributed by atoms with Crippen LogP contribution in [0.3, 0.4) is 0 Å². The molecular weight excluding hydrogens is 504 g/mol. The smallest absolute Gasteiger partial charge is 0.347 e. The molecule has 5 aromatic rings. The van der Waals surface area contributed by atoms with Crippen LogP contribution in [0.1, 0.15) is 30.3 Å². The van der Waals surface area contributed by atoms with Crippen LogP contribution in [0.25, 0.3) is 32.8 Å². The van der Waals surface area contributed by atoms with Crippen molar-refractivity contribution in [1.29, 1.82) is 0 Å². The van der Waals surface area contributed by atoms with Crippen LogP contribution >= 0.6 is 0 Å². The Morgan fingerprint density at radius 2 is 1.95 bits per heavy atom. The lowest BCUT2D eigenvalue weighted by atomic mass is 10.1. The van der Waals surface area contributed by atoms with Gasteiger partial charge in [0.1, 0.15) is 29.4 Å². The van der Waals surface area contributed by atoms with Gasteiger partial charge in [0.25, 0.3) is 5.56 Å². The van der Waals surface area contributed by atoms with Crippen LogP contribution in [-0.2, 0) is 20.9 Å². The summed E-state index contributed by atoms with van der Waals surface area (Å²) < 4.78 is 8.06. The minimum Gasteiger partial charge on any atom is -0.422 e. The van der Waals surface area contributed by atoms with Gasteiger partial charge in [-0.05, 0) is 44.5 Å². The molecule has 2 N–H and O–H groups in total. The van der Waals surface area contributed by atoms with Crippen LogP contribution < -0.4 is 21.8 Å². The summed E-state index contributed by atoms with van der Waals surface area (Å²) in [4.78, 5) is 67.9. The van der Waals surface area contributed by atoms with Crippen molar-refractivity contribution >= 4 is 56.2 Å². The molecule has 0 spiro atoms. The lowest BCUT2D eigenvalue weighted by Gasteiger charge is -2.24. The Morgan fingerprint density at radius 3 is 2.74 bits per heavy atom. The summed E-state index contributed by atoms with van der Waals surface area (Å²) in [6.07, 6.45) is 1.63. The first kappa shape index (κ1) is 24.2. The Morgan fingerprint density at radius 1 is 1.13 bits per heavy atom. The number of rotatable bonds is 4. The third-order valence-electron chi connectivity index (χ3n) is 6.85. The molecule has 12 heteroatoms. The van der Waals surface area contributed by atoms with E-state index < -0.39 is 34.9 Å². The number of amides is 3. The molecule has 196 valence electrons. The van der Waals surface area contributed by atoms with Gasteiger partial charge in [0.2, 0.25) is 17.7 Å². The summed E-state index contributed by atoms with van der Waals surface area (Å²) in [6, 6.07) is 9.35. The molecule has 0 saturated carbocycles. The molecule has 12 nitrogen and oxygen atoms in total.